The Bertz CT molecular complexity index is 2730. The second-order valence-corrected chi connectivity index (χ2v) is 15.9. The molecule has 0 spiro atoms. The molecule has 6 aromatic carbocycles. The summed E-state index contributed by atoms with van der Waals surface area (Å²) in [6.45, 7) is 9.10. The lowest BCUT2D eigenvalue weighted by Gasteiger charge is -2.16. The van der Waals surface area contributed by atoms with Gasteiger partial charge in [0.2, 0.25) is 0 Å². The lowest BCUT2D eigenvalue weighted by Crippen LogP contribution is -2.13. The van der Waals surface area contributed by atoms with Gasteiger partial charge in [-0.3, -0.25) is 0 Å². The van der Waals surface area contributed by atoms with Gasteiger partial charge in [0.05, 0.1) is 58.3 Å². The van der Waals surface area contributed by atoms with Crippen molar-refractivity contribution in [2.45, 2.75) is 34.1 Å². The maximum Gasteiger partial charge on any atom is 0.351 e. The van der Waals surface area contributed by atoms with Crippen LogP contribution in [0.1, 0.15) is 85.9 Å². The van der Waals surface area contributed by atoms with Crippen molar-refractivity contribution in [2.75, 3.05) is 41.7 Å². The Labute approximate surface area is 404 Å². The lowest BCUT2D eigenvalue weighted by molar-refractivity contribution is 0.0713. The summed E-state index contributed by atoms with van der Waals surface area (Å²) in [6, 6.07) is 29.4. The molecular formula is C54H52O16. The minimum absolute atomic E-state index is 0.0601. The van der Waals surface area contributed by atoms with Crippen molar-refractivity contribution in [3.05, 3.63) is 149 Å². The molecule has 0 heterocycles. The molecule has 16 heteroatoms. The molecule has 0 saturated carbocycles. The highest BCUT2D eigenvalue weighted by Gasteiger charge is 2.25. The third kappa shape index (κ3) is 13.3. The van der Waals surface area contributed by atoms with Crippen molar-refractivity contribution in [3.63, 3.8) is 0 Å². The molecule has 70 heavy (non-hydrogen) atoms. The summed E-state index contributed by atoms with van der Waals surface area (Å²) >= 11 is 0. The van der Waals surface area contributed by atoms with Crippen LogP contribution in [0.15, 0.2) is 121 Å². The van der Waals surface area contributed by atoms with Crippen LogP contribution < -0.4 is 52.1 Å². The maximum absolute atomic E-state index is 13.3. The second-order valence-electron chi connectivity index (χ2n) is 15.9. The minimum Gasteiger partial charge on any atom is -0.496 e. The van der Waals surface area contributed by atoms with Crippen molar-refractivity contribution < 1.29 is 76.1 Å². The van der Waals surface area contributed by atoms with Gasteiger partial charge in [-0.1, -0.05) is 34.1 Å². The quantitative estimate of drug-likeness (QED) is 0.0489. The molecule has 0 aliphatic rings. The van der Waals surface area contributed by atoms with E-state index >= 15 is 0 Å². The van der Waals surface area contributed by atoms with Gasteiger partial charge in [0.25, 0.3) is 0 Å². The first-order chi connectivity index (χ1) is 33.7. The Morgan fingerprint density at radius 3 is 0.886 bits per heavy atom. The van der Waals surface area contributed by atoms with Gasteiger partial charge in [0.15, 0.2) is 0 Å². The van der Waals surface area contributed by atoms with E-state index in [4.69, 9.17) is 52.1 Å². The number of ether oxygens (including phenoxy) is 11. The van der Waals surface area contributed by atoms with E-state index in [1.807, 2.05) is 13.8 Å². The predicted octanol–water partition coefficient (Wildman–Crippen LogP) is 10.3. The summed E-state index contributed by atoms with van der Waals surface area (Å²) in [4.78, 5) is 65.3. The van der Waals surface area contributed by atoms with Crippen molar-refractivity contribution >= 4 is 29.8 Å². The van der Waals surface area contributed by atoms with E-state index in [0.29, 0.717) is 30.6 Å². The maximum atomic E-state index is 13.3. The largest absolute Gasteiger partial charge is 0.496 e. The fourth-order valence-electron chi connectivity index (χ4n) is 6.33. The van der Waals surface area contributed by atoms with Crippen LogP contribution in [0.5, 0.6) is 63.2 Å². The molecule has 0 N–H and O–H groups in total. The molecule has 0 radical (unpaired) electrons. The van der Waals surface area contributed by atoms with Crippen LogP contribution >= 0.6 is 0 Å². The van der Waals surface area contributed by atoms with Crippen LogP contribution in [-0.4, -0.2) is 71.5 Å². The first-order valence-corrected chi connectivity index (χ1v) is 22.0. The number of rotatable bonds is 21. The smallest absolute Gasteiger partial charge is 0.351 e. The summed E-state index contributed by atoms with van der Waals surface area (Å²) in [5.41, 5.74) is 0.633. The normalized spacial score (nSPS) is 11.1. The van der Waals surface area contributed by atoms with Gasteiger partial charge >= 0.3 is 29.8 Å². The summed E-state index contributed by atoms with van der Waals surface area (Å²) < 4.78 is 61.0. The van der Waals surface area contributed by atoms with E-state index in [2.05, 4.69) is 13.8 Å². The van der Waals surface area contributed by atoms with Gasteiger partial charge in [-0.2, -0.15) is 0 Å². The molecule has 6 rings (SSSR count). The molecule has 0 amide bonds. The van der Waals surface area contributed by atoms with Crippen molar-refractivity contribution in [2.24, 2.45) is 11.8 Å². The Hall–Kier alpha value is -8.53. The van der Waals surface area contributed by atoms with Gasteiger partial charge in [0, 0.05) is 24.3 Å². The van der Waals surface area contributed by atoms with Gasteiger partial charge in [0.1, 0.15) is 74.4 Å². The zero-order chi connectivity index (χ0) is 50.3. The van der Waals surface area contributed by atoms with Gasteiger partial charge in [-0.25, -0.2) is 24.0 Å². The zero-order valence-electron chi connectivity index (χ0n) is 39.9. The molecule has 16 nitrogen and oxygen atoms in total. The first kappa shape index (κ1) is 50.9. The number of hydrogen-bond donors (Lipinski definition) is 0. The summed E-state index contributed by atoms with van der Waals surface area (Å²) in [5, 5.41) is 0. The molecule has 6 aromatic rings. The molecule has 0 fully saturated rings. The van der Waals surface area contributed by atoms with E-state index in [-0.39, 0.29) is 85.5 Å². The van der Waals surface area contributed by atoms with E-state index < -0.39 is 29.8 Å². The molecule has 364 valence electrons. The number of carbonyl (C=O) groups excluding carboxylic acids is 5. The number of hydrogen-bond acceptors (Lipinski definition) is 16. The number of benzene rings is 6. The summed E-state index contributed by atoms with van der Waals surface area (Å²) in [7, 11) is 5.68. The summed E-state index contributed by atoms with van der Waals surface area (Å²) in [5.74, 6) is -0.369. The fraction of sp³-hybridized carbons (Fsp3) is 0.241. The molecule has 0 saturated heterocycles. The number of methoxy groups -OCH3 is 4. The Balaban J connectivity index is 0.976. The SMILES string of the molecule is CCC(C)COc1cc(OC)c(C(=O)Oc2ccc(C(=O)Oc3ccc(OC(=O)c4ccc(OC(=O)c5ccc(OC(=O)c6c(OC)cc(OCC(C)C)cc6OC)cc5)cc4)cc3)cc2)c(OC)c1. The topological polar surface area (TPSA) is 187 Å². The molecule has 1 unspecified atom stereocenters. The average Bonchev–Trinajstić information content (AvgIpc) is 3.37. The predicted molar refractivity (Wildman–Crippen MR) is 255 cm³/mol. The lowest BCUT2D eigenvalue weighted by atomic mass is 10.1. The first-order valence-electron chi connectivity index (χ1n) is 22.0. The Morgan fingerprint density at radius 1 is 0.371 bits per heavy atom. The van der Waals surface area contributed by atoms with Crippen molar-refractivity contribution in [1.82, 2.24) is 0 Å². The van der Waals surface area contributed by atoms with Gasteiger partial charge in [-0.05, 0) is 109 Å². The molecular weight excluding hydrogens is 905 g/mol. The highest BCUT2D eigenvalue weighted by atomic mass is 16.6. The van der Waals surface area contributed by atoms with E-state index in [1.165, 1.54) is 126 Å². The van der Waals surface area contributed by atoms with Gasteiger partial charge in [-0.15, -0.1) is 0 Å². The molecule has 0 aromatic heterocycles. The standard InChI is InChI=1S/C54H52O16/c1-9-33(4)31-65-43-28-46(62-7)49(47(29-43)63-8)54(59)70-39-20-14-36(15-21-39)52(57)68-41-24-22-40(23-25-41)67-51(56)34-10-16-37(17-11-34)66-50(55)35-12-18-38(19-13-35)69-53(58)48-44(60-5)26-42(27-45(48)61-6)64-30-32(2)3/h10-29,32-33H,9,30-31H2,1-8H3. The molecule has 0 bridgehead atoms. The number of carbonyl (C=O) groups is 5. The highest BCUT2D eigenvalue weighted by Crippen LogP contribution is 2.37. The minimum atomic E-state index is -0.745. The van der Waals surface area contributed by atoms with E-state index in [1.54, 1.807) is 24.3 Å². The zero-order valence-corrected chi connectivity index (χ0v) is 39.9. The van der Waals surface area contributed by atoms with Crippen LogP contribution in [0.25, 0.3) is 0 Å². The Kier molecular flexibility index (Phi) is 17.4. The van der Waals surface area contributed by atoms with Crippen LogP contribution in [0, 0.1) is 11.8 Å². The van der Waals surface area contributed by atoms with Crippen molar-refractivity contribution in [3.8, 4) is 63.2 Å². The van der Waals surface area contributed by atoms with Crippen molar-refractivity contribution in [1.29, 1.82) is 0 Å². The third-order valence-corrected chi connectivity index (χ3v) is 10.3. The summed E-state index contributed by atoms with van der Waals surface area (Å²) in [6.07, 6.45) is 0.944. The van der Waals surface area contributed by atoms with E-state index in [0.717, 1.165) is 6.42 Å². The van der Waals surface area contributed by atoms with Crippen LogP contribution in [0.2, 0.25) is 0 Å². The highest BCUT2D eigenvalue weighted by molar-refractivity contribution is 5.99. The second kappa shape index (κ2) is 24.0. The van der Waals surface area contributed by atoms with Gasteiger partial charge < -0.3 is 52.1 Å². The molecule has 0 aliphatic heterocycles. The molecule has 1 atom stereocenters. The van der Waals surface area contributed by atoms with Crippen LogP contribution in [-0.2, 0) is 0 Å². The average molecular weight is 957 g/mol. The fourth-order valence-corrected chi connectivity index (χ4v) is 6.33. The van der Waals surface area contributed by atoms with Crippen LogP contribution in [0.3, 0.4) is 0 Å². The monoisotopic (exact) mass is 956 g/mol. The van der Waals surface area contributed by atoms with Crippen LogP contribution in [0.4, 0.5) is 0 Å². The van der Waals surface area contributed by atoms with E-state index in [9.17, 15) is 24.0 Å². The number of esters is 5. The molecule has 0 aliphatic carbocycles. The third-order valence-electron chi connectivity index (χ3n) is 10.3. The Morgan fingerprint density at radius 2 is 0.629 bits per heavy atom.